The minimum Gasteiger partial charge on any atom is -0.481 e. The molecule has 0 atom stereocenters. The van der Waals surface area contributed by atoms with E-state index in [0.717, 1.165) is 35.4 Å². The second-order valence-electron chi connectivity index (χ2n) is 9.80. The highest BCUT2D eigenvalue weighted by Gasteiger charge is 2.43. The number of carbonyl (C=O) groups excluding carboxylic acids is 1. The van der Waals surface area contributed by atoms with E-state index in [1.54, 1.807) is 0 Å². The third-order valence-corrected chi connectivity index (χ3v) is 7.68. The highest BCUT2D eigenvalue weighted by Crippen LogP contribution is 2.39. The maximum atomic E-state index is 14.4. The second-order valence-corrected chi connectivity index (χ2v) is 10.6. The van der Waals surface area contributed by atoms with Gasteiger partial charge in [-0.2, -0.15) is 18.3 Å². The van der Waals surface area contributed by atoms with Gasteiger partial charge in [-0.3, -0.25) is 14.3 Å². The van der Waals surface area contributed by atoms with Gasteiger partial charge < -0.3 is 10.0 Å². The zero-order valence-electron chi connectivity index (χ0n) is 21.2. The Hall–Kier alpha value is -3.25. The first kappa shape index (κ1) is 30.7. The molecule has 0 unspecified atom stereocenters. The summed E-state index contributed by atoms with van der Waals surface area (Å²) >= 11 is 12.2. The van der Waals surface area contributed by atoms with Crippen molar-refractivity contribution >= 4 is 35.1 Å². The van der Waals surface area contributed by atoms with E-state index in [0.29, 0.717) is 10.7 Å². The fourth-order valence-corrected chi connectivity index (χ4v) is 5.70. The van der Waals surface area contributed by atoms with Crippen LogP contribution in [0.4, 0.5) is 26.3 Å². The van der Waals surface area contributed by atoms with Crippen molar-refractivity contribution in [1.82, 2.24) is 14.7 Å². The first-order valence-corrected chi connectivity index (χ1v) is 13.2. The molecule has 0 bridgehead atoms. The monoisotopic (exact) mass is 621 g/mol. The number of carboxylic acid groups (broad SMARTS) is 1. The molecule has 1 heterocycles. The topological polar surface area (TPSA) is 75.4 Å². The molecule has 1 aromatic heterocycles. The van der Waals surface area contributed by atoms with E-state index < -0.39 is 65.3 Å². The van der Waals surface area contributed by atoms with Gasteiger partial charge in [0.2, 0.25) is 0 Å². The van der Waals surface area contributed by atoms with Crippen LogP contribution in [0.25, 0.3) is 0 Å². The van der Waals surface area contributed by atoms with Crippen LogP contribution in [0.1, 0.15) is 58.9 Å². The van der Waals surface area contributed by atoms with Crippen LogP contribution >= 0.6 is 23.2 Å². The zero-order chi connectivity index (χ0) is 30.1. The number of rotatable bonds is 8. The summed E-state index contributed by atoms with van der Waals surface area (Å²) in [5.74, 6) is -5.44. The Kier molecular flexibility index (Phi) is 9.22. The van der Waals surface area contributed by atoms with Crippen molar-refractivity contribution in [3.63, 3.8) is 0 Å². The molecule has 0 radical (unpaired) electrons. The van der Waals surface area contributed by atoms with E-state index >= 15 is 0 Å². The molecule has 0 aliphatic heterocycles. The van der Waals surface area contributed by atoms with Gasteiger partial charge in [0.15, 0.2) is 5.69 Å². The molecule has 1 aliphatic rings. The Bertz CT molecular complexity index is 1410. The van der Waals surface area contributed by atoms with Gasteiger partial charge in [-0.25, -0.2) is 13.2 Å². The third kappa shape index (κ3) is 7.16. The minimum absolute atomic E-state index is 0.0277. The smallest absolute Gasteiger partial charge is 0.433 e. The summed E-state index contributed by atoms with van der Waals surface area (Å²) in [7, 11) is 0. The number of halogens is 8. The van der Waals surface area contributed by atoms with Crippen molar-refractivity contribution in [2.45, 2.75) is 50.9 Å². The molecule has 1 fully saturated rings. The van der Waals surface area contributed by atoms with Crippen LogP contribution in [0.2, 0.25) is 10.0 Å². The lowest BCUT2D eigenvalue weighted by molar-refractivity contribution is -0.147. The Balaban J connectivity index is 1.69. The molecule has 1 aliphatic carbocycles. The molecule has 41 heavy (non-hydrogen) atoms. The molecule has 1 N–H and O–H groups in total. The zero-order valence-corrected chi connectivity index (χ0v) is 22.7. The summed E-state index contributed by atoms with van der Waals surface area (Å²) in [6.07, 6.45) is -3.81. The Morgan fingerprint density at radius 3 is 2.05 bits per heavy atom. The van der Waals surface area contributed by atoms with Crippen LogP contribution in [-0.4, -0.2) is 38.2 Å². The third-order valence-electron chi connectivity index (χ3n) is 7.01. The van der Waals surface area contributed by atoms with Gasteiger partial charge in [0.1, 0.15) is 17.5 Å². The number of carboxylic acids is 1. The molecule has 4 rings (SSSR count). The number of hydrogen-bond acceptors (Lipinski definition) is 3. The van der Waals surface area contributed by atoms with Gasteiger partial charge in [0.05, 0.1) is 23.7 Å². The highest BCUT2D eigenvalue weighted by atomic mass is 35.5. The van der Waals surface area contributed by atoms with Crippen LogP contribution in [-0.2, 0) is 23.9 Å². The van der Waals surface area contributed by atoms with Gasteiger partial charge in [0.25, 0.3) is 5.91 Å². The van der Waals surface area contributed by atoms with Crippen LogP contribution in [0.15, 0.2) is 36.5 Å². The molecule has 1 saturated carbocycles. The van der Waals surface area contributed by atoms with Gasteiger partial charge >= 0.3 is 12.1 Å². The minimum atomic E-state index is -5.01. The molecular weight excluding hydrogens is 599 g/mol. The summed E-state index contributed by atoms with van der Waals surface area (Å²) in [5.41, 5.74) is -1.90. The number of amides is 1. The summed E-state index contributed by atoms with van der Waals surface area (Å²) < 4.78 is 85.2. The van der Waals surface area contributed by atoms with Crippen molar-refractivity contribution in [2.75, 3.05) is 6.54 Å². The van der Waals surface area contributed by atoms with Crippen LogP contribution in [0.3, 0.4) is 0 Å². The van der Waals surface area contributed by atoms with Crippen LogP contribution < -0.4 is 0 Å². The van der Waals surface area contributed by atoms with E-state index in [1.165, 1.54) is 0 Å². The van der Waals surface area contributed by atoms with E-state index in [9.17, 15) is 41.0 Å². The summed E-state index contributed by atoms with van der Waals surface area (Å²) in [6.45, 7) is -0.773. The predicted molar refractivity (Wildman–Crippen MR) is 137 cm³/mol. The maximum Gasteiger partial charge on any atom is 0.433 e. The lowest BCUT2D eigenvalue weighted by atomic mass is 9.86. The number of aliphatic carboxylic acids is 1. The standard InChI is InChI=1S/C27H23Cl2F6N3O3/c28-22-10-18(32)11-23(29)20(22)5-6-37(13-14-7-16(30)9-17(31)8-14)25(39)21-12-36-38(24(21)27(33,34)35)19-3-1-15(2-4-19)26(40)41/h7-12,15,19H,1-6,13H2,(H,40,41)/t15-,19-. The van der Waals surface area contributed by atoms with Gasteiger partial charge in [-0.05, 0) is 67.5 Å². The average Bonchev–Trinajstić information content (AvgIpc) is 3.32. The van der Waals surface area contributed by atoms with E-state index in [2.05, 4.69) is 5.10 Å². The predicted octanol–water partition coefficient (Wildman–Crippen LogP) is 7.33. The fraction of sp³-hybridized carbons (Fsp3) is 0.370. The number of aromatic nitrogens is 2. The van der Waals surface area contributed by atoms with E-state index in [1.807, 2.05) is 0 Å². The summed E-state index contributed by atoms with van der Waals surface area (Å²) in [5, 5.41) is 12.9. The molecule has 6 nitrogen and oxygen atoms in total. The molecular formula is C27H23Cl2F6N3O3. The number of hydrogen-bond donors (Lipinski definition) is 1. The van der Waals surface area contributed by atoms with Crippen molar-refractivity contribution in [1.29, 1.82) is 0 Å². The summed E-state index contributed by atoms with van der Waals surface area (Å²) in [4.78, 5) is 25.9. The molecule has 0 spiro atoms. The quantitative estimate of drug-likeness (QED) is 0.267. The Morgan fingerprint density at radius 1 is 0.951 bits per heavy atom. The lowest BCUT2D eigenvalue weighted by Gasteiger charge is -2.28. The average molecular weight is 622 g/mol. The van der Waals surface area contributed by atoms with Crippen molar-refractivity contribution in [2.24, 2.45) is 5.92 Å². The van der Waals surface area contributed by atoms with Crippen LogP contribution in [0.5, 0.6) is 0 Å². The van der Waals surface area contributed by atoms with E-state index in [4.69, 9.17) is 23.2 Å². The largest absolute Gasteiger partial charge is 0.481 e. The summed E-state index contributed by atoms with van der Waals surface area (Å²) in [6, 6.07) is 3.68. The Morgan fingerprint density at radius 2 is 1.51 bits per heavy atom. The van der Waals surface area contributed by atoms with Gasteiger partial charge in [-0.1, -0.05) is 23.2 Å². The molecule has 220 valence electrons. The fourth-order valence-electron chi connectivity index (χ4n) is 5.05. The number of benzene rings is 2. The Labute approximate surface area is 240 Å². The number of carbonyl (C=O) groups is 2. The molecule has 3 aromatic rings. The maximum absolute atomic E-state index is 14.4. The molecule has 0 saturated heterocycles. The first-order valence-electron chi connectivity index (χ1n) is 12.5. The van der Waals surface area contributed by atoms with Gasteiger partial charge in [-0.15, -0.1) is 0 Å². The van der Waals surface area contributed by atoms with Crippen molar-refractivity contribution in [3.8, 4) is 0 Å². The highest BCUT2D eigenvalue weighted by molar-refractivity contribution is 6.36. The second kappa shape index (κ2) is 12.3. The number of nitrogens with zero attached hydrogens (tertiary/aromatic N) is 3. The van der Waals surface area contributed by atoms with Crippen molar-refractivity contribution in [3.05, 3.63) is 86.4 Å². The lowest BCUT2D eigenvalue weighted by Crippen LogP contribution is -2.34. The van der Waals surface area contributed by atoms with Crippen molar-refractivity contribution < 1.29 is 41.0 Å². The van der Waals surface area contributed by atoms with Gasteiger partial charge in [0, 0.05) is 29.2 Å². The van der Waals surface area contributed by atoms with E-state index in [-0.39, 0.29) is 59.8 Å². The molecule has 14 heteroatoms. The molecule has 1 amide bonds. The molecule has 2 aromatic carbocycles. The first-order chi connectivity index (χ1) is 19.2. The SMILES string of the molecule is O=C(c1cnn([C@H]2CC[C@H](C(=O)O)CC2)c1C(F)(F)F)N(CCc1c(Cl)cc(F)cc1Cl)Cc1cc(F)cc(F)c1. The normalized spacial score (nSPS) is 17.5. The number of alkyl halides is 3. The van der Waals surface area contributed by atoms with Crippen LogP contribution in [0, 0.1) is 23.4 Å².